The molecule has 86 valence electrons. The normalized spacial score (nSPS) is 14.4. The Hall–Kier alpha value is -1.07. The molecule has 1 N–H and O–H groups in total. The van der Waals surface area contributed by atoms with Gasteiger partial charge in [-0.05, 0) is 13.3 Å². The molecule has 0 fully saturated rings. The van der Waals surface area contributed by atoms with Crippen molar-refractivity contribution in [3.05, 3.63) is 0 Å². The summed E-state index contributed by atoms with van der Waals surface area (Å²) in [7, 11) is 1.37. The molecule has 0 saturated heterocycles. The van der Waals surface area contributed by atoms with Gasteiger partial charge in [0.1, 0.15) is 12.7 Å². The van der Waals surface area contributed by atoms with Gasteiger partial charge in [-0.2, -0.15) is 0 Å². The molecule has 0 aliphatic heterocycles. The minimum Gasteiger partial charge on any atom is -0.388 e. The first-order valence-electron chi connectivity index (χ1n) is 4.65. The number of hydrogen-bond donors (Lipinski definition) is 1. The lowest BCUT2D eigenvalue weighted by Crippen LogP contribution is -2.30. The average Bonchev–Trinajstić information content (AvgIpc) is 2.22. The van der Waals surface area contributed by atoms with Gasteiger partial charge < -0.3 is 9.84 Å². The Morgan fingerprint density at radius 1 is 1.33 bits per heavy atom. The number of carbonyl (C=O) groups excluding carboxylic acids is 3. The van der Waals surface area contributed by atoms with Gasteiger partial charge in [0.25, 0.3) is 0 Å². The topological polar surface area (TPSA) is 80.7 Å². The molecule has 0 bridgehead atoms. The number of methoxy groups -OCH3 is 1. The van der Waals surface area contributed by atoms with E-state index in [2.05, 4.69) is 0 Å². The van der Waals surface area contributed by atoms with Gasteiger partial charge in [-0.15, -0.1) is 0 Å². The molecule has 0 aliphatic carbocycles. The van der Waals surface area contributed by atoms with Crippen LogP contribution >= 0.6 is 0 Å². The van der Waals surface area contributed by atoms with Crippen LogP contribution in [0.1, 0.15) is 20.3 Å². The molecule has 0 aromatic heterocycles. The van der Waals surface area contributed by atoms with E-state index >= 15 is 0 Å². The molecule has 5 nitrogen and oxygen atoms in total. The molecule has 0 rings (SSSR count). The Labute approximate surface area is 88.4 Å². The second kappa shape index (κ2) is 6.42. The summed E-state index contributed by atoms with van der Waals surface area (Å²) >= 11 is 0. The molecule has 0 heterocycles. The zero-order valence-corrected chi connectivity index (χ0v) is 9.15. The van der Waals surface area contributed by atoms with E-state index in [0.717, 1.165) is 0 Å². The maximum Gasteiger partial charge on any atom is 0.223 e. The van der Waals surface area contributed by atoms with E-state index in [1.807, 2.05) is 0 Å². The predicted molar refractivity (Wildman–Crippen MR) is 52.4 cm³/mol. The van der Waals surface area contributed by atoms with Gasteiger partial charge in [0, 0.05) is 13.0 Å². The number of ketones is 3. The van der Waals surface area contributed by atoms with Crippen LogP contribution < -0.4 is 0 Å². The number of hydrogen-bond acceptors (Lipinski definition) is 5. The summed E-state index contributed by atoms with van der Waals surface area (Å²) in [6, 6.07) is 0. The molecule has 0 aromatic carbocycles. The van der Waals surface area contributed by atoms with Crippen LogP contribution in [-0.4, -0.2) is 42.3 Å². The van der Waals surface area contributed by atoms with Crippen LogP contribution in [-0.2, 0) is 19.1 Å². The van der Waals surface area contributed by atoms with E-state index in [1.54, 1.807) is 0 Å². The molecule has 5 heteroatoms. The predicted octanol–water partition coefficient (Wildman–Crippen LogP) is -0.253. The number of carbonyl (C=O) groups is 3. The summed E-state index contributed by atoms with van der Waals surface area (Å²) in [4.78, 5) is 33.1. The van der Waals surface area contributed by atoms with Crippen LogP contribution in [0, 0.1) is 5.92 Å². The molecular formula is C10H16O5. The number of Topliss-reactive ketones (excluding diaryl/α,β-unsaturated/α-hetero) is 3. The van der Waals surface area contributed by atoms with Gasteiger partial charge in [-0.1, -0.05) is 6.92 Å². The molecule has 2 atom stereocenters. The maximum atomic E-state index is 11.3. The van der Waals surface area contributed by atoms with Crippen molar-refractivity contribution in [2.24, 2.45) is 5.92 Å². The highest BCUT2D eigenvalue weighted by molar-refractivity contribution is 6.38. The van der Waals surface area contributed by atoms with Gasteiger partial charge in [0.15, 0.2) is 5.78 Å². The summed E-state index contributed by atoms with van der Waals surface area (Å²) in [5, 5.41) is 8.49. The fourth-order valence-corrected chi connectivity index (χ4v) is 1.21. The lowest BCUT2D eigenvalue weighted by molar-refractivity contribution is -0.141. The number of ether oxygens (including phenoxy) is 1. The van der Waals surface area contributed by atoms with Crippen LogP contribution in [0.4, 0.5) is 0 Å². The van der Waals surface area contributed by atoms with Crippen molar-refractivity contribution in [2.45, 2.75) is 26.4 Å². The SMILES string of the molecule is COC(CC(C)C(=O)C(=O)CO)C(C)=O. The van der Waals surface area contributed by atoms with E-state index < -0.39 is 30.2 Å². The molecule has 0 saturated carbocycles. The van der Waals surface area contributed by atoms with Crippen molar-refractivity contribution >= 4 is 17.3 Å². The first kappa shape index (κ1) is 13.9. The Kier molecular flexibility index (Phi) is 5.96. The van der Waals surface area contributed by atoms with Crippen molar-refractivity contribution in [1.29, 1.82) is 0 Å². The standard InChI is InChI=1S/C10H16O5/c1-6(10(14)8(13)5-11)4-9(15-3)7(2)12/h6,9,11H,4-5H2,1-3H3. The molecule has 2 unspecified atom stereocenters. The quantitative estimate of drug-likeness (QED) is 0.593. The van der Waals surface area contributed by atoms with Crippen molar-refractivity contribution < 1.29 is 24.2 Å². The third-order valence-electron chi connectivity index (χ3n) is 2.17. The summed E-state index contributed by atoms with van der Waals surface area (Å²) in [5.74, 6) is -2.30. The smallest absolute Gasteiger partial charge is 0.223 e. The second-order valence-corrected chi connectivity index (χ2v) is 3.42. The van der Waals surface area contributed by atoms with Gasteiger partial charge in [0.05, 0.1) is 0 Å². The van der Waals surface area contributed by atoms with Gasteiger partial charge in [-0.25, -0.2) is 0 Å². The molecular weight excluding hydrogens is 200 g/mol. The Bertz CT molecular complexity index is 259. The van der Waals surface area contributed by atoms with Crippen molar-refractivity contribution in [2.75, 3.05) is 13.7 Å². The van der Waals surface area contributed by atoms with Crippen LogP contribution in [0.2, 0.25) is 0 Å². The third kappa shape index (κ3) is 4.31. The molecule has 0 aliphatic rings. The fourth-order valence-electron chi connectivity index (χ4n) is 1.21. The summed E-state index contributed by atoms with van der Waals surface area (Å²) in [6.07, 6.45) is -0.508. The van der Waals surface area contributed by atoms with Gasteiger partial charge in [-0.3, -0.25) is 14.4 Å². The number of aliphatic hydroxyl groups excluding tert-OH is 1. The molecule has 0 aromatic rings. The van der Waals surface area contributed by atoms with E-state index in [0.29, 0.717) is 0 Å². The largest absolute Gasteiger partial charge is 0.388 e. The van der Waals surface area contributed by atoms with Crippen LogP contribution in [0.15, 0.2) is 0 Å². The first-order chi connectivity index (χ1) is 6.93. The van der Waals surface area contributed by atoms with Gasteiger partial charge in [0.2, 0.25) is 11.6 Å². The Morgan fingerprint density at radius 2 is 1.87 bits per heavy atom. The highest BCUT2D eigenvalue weighted by Gasteiger charge is 2.25. The lowest BCUT2D eigenvalue weighted by Gasteiger charge is -2.15. The third-order valence-corrected chi connectivity index (χ3v) is 2.17. The summed E-state index contributed by atoms with van der Waals surface area (Å²) in [6.45, 7) is 2.10. The number of rotatable bonds is 7. The first-order valence-corrected chi connectivity index (χ1v) is 4.65. The minimum absolute atomic E-state index is 0.163. The monoisotopic (exact) mass is 216 g/mol. The van der Waals surface area contributed by atoms with Crippen LogP contribution in [0.25, 0.3) is 0 Å². The Balaban J connectivity index is 4.34. The van der Waals surface area contributed by atoms with Crippen molar-refractivity contribution in [3.63, 3.8) is 0 Å². The molecule has 0 amide bonds. The lowest BCUT2D eigenvalue weighted by atomic mass is 9.95. The van der Waals surface area contributed by atoms with E-state index in [1.165, 1.54) is 21.0 Å². The Morgan fingerprint density at radius 3 is 2.20 bits per heavy atom. The van der Waals surface area contributed by atoms with Crippen LogP contribution in [0.3, 0.4) is 0 Å². The van der Waals surface area contributed by atoms with Crippen molar-refractivity contribution in [3.8, 4) is 0 Å². The zero-order chi connectivity index (χ0) is 12.0. The van der Waals surface area contributed by atoms with E-state index in [4.69, 9.17) is 9.84 Å². The molecule has 0 spiro atoms. The average molecular weight is 216 g/mol. The van der Waals surface area contributed by atoms with E-state index in [-0.39, 0.29) is 12.2 Å². The number of aliphatic hydroxyl groups is 1. The highest BCUT2D eigenvalue weighted by atomic mass is 16.5. The zero-order valence-electron chi connectivity index (χ0n) is 9.15. The highest BCUT2D eigenvalue weighted by Crippen LogP contribution is 2.11. The summed E-state index contributed by atoms with van der Waals surface area (Å²) < 4.78 is 4.87. The van der Waals surface area contributed by atoms with E-state index in [9.17, 15) is 14.4 Å². The minimum atomic E-state index is -0.832. The van der Waals surface area contributed by atoms with Gasteiger partial charge >= 0.3 is 0 Å². The summed E-state index contributed by atoms with van der Waals surface area (Å²) in [5.41, 5.74) is 0. The van der Waals surface area contributed by atoms with Crippen molar-refractivity contribution in [1.82, 2.24) is 0 Å². The molecule has 0 radical (unpaired) electrons. The van der Waals surface area contributed by atoms with Crippen LogP contribution in [0.5, 0.6) is 0 Å². The molecule has 15 heavy (non-hydrogen) atoms. The fraction of sp³-hybridized carbons (Fsp3) is 0.700. The second-order valence-electron chi connectivity index (χ2n) is 3.42. The maximum absolute atomic E-state index is 11.3.